The molecule has 0 N–H and O–H groups in total. The number of hydrogen-bond donors (Lipinski definition) is 0. The number of benzene rings is 1. The van der Waals surface area contributed by atoms with Gasteiger partial charge in [0.05, 0.1) is 6.04 Å². The topological polar surface area (TPSA) is 81.6 Å². The van der Waals surface area contributed by atoms with Crippen LogP contribution < -0.4 is 4.74 Å². The molecule has 0 unspecified atom stereocenters. The molecule has 0 aliphatic rings. The van der Waals surface area contributed by atoms with Crippen molar-refractivity contribution >= 4 is 5.91 Å². The molecule has 0 fully saturated rings. The fourth-order valence-corrected chi connectivity index (χ4v) is 2.13. The number of para-hydroxylation sites is 1. The first-order chi connectivity index (χ1) is 11.6. The highest BCUT2D eigenvalue weighted by Crippen LogP contribution is 2.19. The summed E-state index contributed by atoms with van der Waals surface area (Å²) in [4.78, 5) is 18.2. The highest BCUT2D eigenvalue weighted by atomic mass is 16.5. The number of carbonyl (C=O) groups is 1. The van der Waals surface area contributed by atoms with Gasteiger partial charge in [0.15, 0.2) is 12.3 Å². The van der Waals surface area contributed by atoms with Gasteiger partial charge < -0.3 is 18.6 Å². The highest BCUT2D eigenvalue weighted by Gasteiger charge is 2.23. The summed E-state index contributed by atoms with van der Waals surface area (Å²) in [6.45, 7) is 2.01. The lowest BCUT2D eigenvalue weighted by molar-refractivity contribution is 0.0731. The van der Waals surface area contributed by atoms with E-state index in [-0.39, 0.29) is 24.2 Å². The van der Waals surface area contributed by atoms with Crippen molar-refractivity contribution in [3.05, 3.63) is 66.2 Å². The van der Waals surface area contributed by atoms with Crippen LogP contribution in [-0.4, -0.2) is 28.0 Å². The van der Waals surface area contributed by atoms with Crippen LogP contribution in [0.3, 0.4) is 0 Å². The van der Waals surface area contributed by atoms with Crippen molar-refractivity contribution < 1.29 is 18.5 Å². The van der Waals surface area contributed by atoms with Crippen LogP contribution in [0, 0.1) is 0 Å². The molecule has 0 aliphatic carbocycles. The van der Waals surface area contributed by atoms with E-state index in [1.807, 2.05) is 37.3 Å². The second-order valence-electron chi connectivity index (χ2n) is 5.24. The van der Waals surface area contributed by atoms with Gasteiger partial charge in [-0.25, -0.2) is 4.98 Å². The predicted molar refractivity (Wildman–Crippen MR) is 84.3 cm³/mol. The summed E-state index contributed by atoms with van der Waals surface area (Å²) >= 11 is 0. The maximum atomic E-state index is 12.5. The Morgan fingerprint density at radius 3 is 2.79 bits per heavy atom. The number of aromatic nitrogens is 2. The molecule has 0 saturated carbocycles. The van der Waals surface area contributed by atoms with Gasteiger partial charge in [-0.1, -0.05) is 23.4 Å². The van der Waals surface area contributed by atoms with Crippen molar-refractivity contribution in [2.24, 2.45) is 0 Å². The van der Waals surface area contributed by atoms with E-state index in [9.17, 15) is 4.79 Å². The van der Waals surface area contributed by atoms with Crippen molar-refractivity contribution in [1.82, 2.24) is 15.0 Å². The number of oxazole rings is 1. The number of rotatable bonds is 6. The zero-order valence-electron chi connectivity index (χ0n) is 13.4. The Kier molecular flexibility index (Phi) is 4.60. The summed E-state index contributed by atoms with van der Waals surface area (Å²) in [6.07, 6.45) is 2.80. The van der Waals surface area contributed by atoms with Gasteiger partial charge in [0, 0.05) is 13.1 Å². The number of hydrogen-bond acceptors (Lipinski definition) is 6. The average molecular weight is 327 g/mol. The minimum Gasteiger partial charge on any atom is -0.484 e. The normalized spacial score (nSPS) is 11.9. The fraction of sp³-hybridized carbons (Fsp3) is 0.235. The zero-order chi connectivity index (χ0) is 16.9. The first-order valence-corrected chi connectivity index (χ1v) is 7.45. The van der Waals surface area contributed by atoms with Gasteiger partial charge in [0.1, 0.15) is 24.0 Å². The van der Waals surface area contributed by atoms with Crippen molar-refractivity contribution in [2.75, 3.05) is 7.05 Å². The molecule has 2 heterocycles. The fourth-order valence-electron chi connectivity index (χ4n) is 2.13. The second kappa shape index (κ2) is 6.99. The predicted octanol–water partition coefficient (Wildman–Crippen LogP) is 3.07. The number of amides is 1. The molecule has 7 heteroatoms. The molecule has 3 rings (SSSR count). The number of ether oxygens (including phenoxy) is 1. The van der Waals surface area contributed by atoms with E-state index in [1.54, 1.807) is 13.1 Å². The van der Waals surface area contributed by atoms with Gasteiger partial charge in [-0.2, -0.15) is 0 Å². The third kappa shape index (κ3) is 3.45. The van der Waals surface area contributed by atoms with Gasteiger partial charge in [-0.15, -0.1) is 0 Å². The lowest BCUT2D eigenvalue weighted by atomic mass is 10.2. The molecule has 7 nitrogen and oxygen atoms in total. The minimum absolute atomic E-state index is 0.153. The monoisotopic (exact) mass is 327 g/mol. The van der Waals surface area contributed by atoms with Crippen LogP contribution in [0.5, 0.6) is 5.75 Å². The molecule has 1 amide bonds. The zero-order valence-corrected chi connectivity index (χ0v) is 13.4. The largest absolute Gasteiger partial charge is 0.484 e. The molecule has 0 aliphatic heterocycles. The Hall–Kier alpha value is -3.09. The van der Waals surface area contributed by atoms with Crippen molar-refractivity contribution in [3.63, 3.8) is 0 Å². The molecule has 1 aromatic carbocycles. The summed E-state index contributed by atoms with van der Waals surface area (Å²) in [7, 11) is 1.68. The smallest absolute Gasteiger partial charge is 0.276 e. The van der Waals surface area contributed by atoms with Crippen molar-refractivity contribution in [2.45, 2.75) is 19.6 Å². The van der Waals surface area contributed by atoms with E-state index in [2.05, 4.69) is 10.1 Å². The van der Waals surface area contributed by atoms with Crippen LogP contribution >= 0.6 is 0 Å². The van der Waals surface area contributed by atoms with E-state index >= 15 is 0 Å². The van der Waals surface area contributed by atoms with Crippen LogP contribution in [0.2, 0.25) is 0 Å². The Bertz CT molecular complexity index is 783. The van der Waals surface area contributed by atoms with Crippen LogP contribution in [-0.2, 0) is 6.61 Å². The Balaban J connectivity index is 1.63. The quantitative estimate of drug-likeness (QED) is 0.692. The third-order valence-electron chi connectivity index (χ3n) is 3.66. The molecule has 0 spiro atoms. The molecule has 24 heavy (non-hydrogen) atoms. The summed E-state index contributed by atoms with van der Waals surface area (Å²) in [6, 6.07) is 10.8. The third-order valence-corrected chi connectivity index (χ3v) is 3.66. The Morgan fingerprint density at radius 1 is 1.29 bits per heavy atom. The SMILES string of the molecule is C[C@H](c1ccon1)N(C)C(=O)c1coc(COc2ccccc2)n1. The number of nitrogens with zero attached hydrogens (tertiary/aromatic N) is 3. The summed E-state index contributed by atoms with van der Waals surface area (Å²) in [5, 5.41) is 3.85. The average Bonchev–Trinajstić information content (AvgIpc) is 3.30. The van der Waals surface area contributed by atoms with Gasteiger partial charge >= 0.3 is 0 Å². The van der Waals surface area contributed by atoms with Crippen LogP contribution in [0.15, 0.2) is 57.9 Å². The van der Waals surface area contributed by atoms with Gasteiger partial charge in [0.2, 0.25) is 5.89 Å². The standard InChI is InChI=1S/C17H17N3O4/c1-12(14-8-9-24-19-14)20(2)17(21)15-10-23-16(18-15)11-22-13-6-4-3-5-7-13/h3-10,12H,11H2,1-2H3/t12-/m1/s1. The van der Waals surface area contributed by atoms with Crippen molar-refractivity contribution in [3.8, 4) is 5.75 Å². The summed E-state index contributed by atoms with van der Waals surface area (Å²) in [5.41, 5.74) is 0.890. The Morgan fingerprint density at radius 2 is 2.08 bits per heavy atom. The molecule has 0 radical (unpaired) electrons. The maximum Gasteiger partial charge on any atom is 0.276 e. The molecule has 3 aromatic rings. The molecule has 1 atom stereocenters. The maximum absolute atomic E-state index is 12.5. The van der Waals surface area contributed by atoms with Crippen LogP contribution in [0.25, 0.3) is 0 Å². The summed E-state index contributed by atoms with van der Waals surface area (Å²) < 4.78 is 15.7. The van der Waals surface area contributed by atoms with Gasteiger partial charge in [-0.05, 0) is 19.1 Å². The second-order valence-corrected chi connectivity index (χ2v) is 5.24. The first-order valence-electron chi connectivity index (χ1n) is 7.45. The molecule has 0 saturated heterocycles. The minimum atomic E-state index is -0.264. The van der Waals surface area contributed by atoms with E-state index in [4.69, 9.17) is 13.7 Å². The van der Waals surface area contributed by atoms with Crippen LogP contribution in [0.1, 0.15) is 35.0 Å². The molecule has 0 bridgehead atoms. The lowest BCUT2D eigenvalue weighted by Crippen LogP contribution is -2.30. The van der Waals surface area contributed by atoms with E-state index in [0.717, 1.165) is 0 Å². The van der Waals surface area contributed by atoms with E-state index in [1.165, 1.54) is 17.4 Å². The molecular weight excluding hydrogens is 310 g/mol. The van der Waals surface area contributed by atoms with Gasteiger partial charge in [0.25, 0.3) is 5.91 Å². The highest BCUT2D eigenvalue weighted by molar-refractivity contribution is 5.92. The lowest BCUT2D eigenvalue weighted by Gasteiger charge is -2.21. The van der Waals surface area contributed by atoms with Crippen LogP contribution in [0.4, 0.5) is 0 Å². The van der Waals surface area contributed by atoms with Crippen molar-refractivity contribution in [1.29, 1.82) is 0 Å². The van der Waals surface area contributed by atoms with E-state index in [0.29, 0.717) is 17.3 Å². The molecule has 124 valence electrons. The van der Waals surface area contributed by atoms with E-state index < -0.39 is 0 Å². The molecule has 2 aromatic heterocycles. The first kappa shape index (κ1) is 15.8. The van der Waals surface area contributed by atoms with Gasteiger partial charge in [-0.3, -0.25) is 4.79 Å². The molecular formula is C17H17N3O4. The number of carbonyl (C=O) groups excluding carboxylic acids is 1. The summed E-state index contributed by atoms with van der Waals surface area (Å²) in [5.74, 6) is 0.783. The Labute approximate surface area is 138 Å².